The van der Waals surface area contributed by atoms with Crippen LogP contribution in [0.2, 0.25) is 0 Å². The van der Waals surface area contributed by atoms with Gasteiger partial charge in [0.1, 0.15) is 0 Å². The van der Waals surface area contributed by atoms with Crippen molar-refractivity contribution in [3.63, 3.8) is 0 Å². The highest BCUT2D eigenvalue weighted by Crippen LogP contribution is 2.47. The van der Waals surface area contributed by atoms with Crippen LogP contribution < -0.4 is 4.90 Å². The molecule has 0 fully saturated rings. The summed E-state index contributed by atoms with van der Waals surface area (Å²) < 4.78 is 2.61. The molecule has 11 aromatic rings. The number of anilines is 3. The van der Waals surface area contributed by atoms with Gasteiger partial charge in [-0.3, -0.25) is 0 Å². The summed E-state index contributed by atoms with van der Waals surface area (Å²) in [5, 5.41) is 7.60. The summed E-state index contributed by atoms with van der Waals surface area (Å²) in [5.74, 6) is 0. The van der Waals surface area contributed by atoms with Crippen molar-refractivity contribution in [3.8, 4) is 44.5 Å². The number of nitrogens with zero attached hydrogens (tertiary/aromatic N) is 1. The zero-order valence-electron chi connectivity index (χ0n) is 31.7. The maximum Gasteiger partial charge on any atom is 0.0540 e. The Labute approximate surface area is 342 Å². The van der Waals surface area contributed by atoms with Crippen LogP contribution in [0.25, 0.3) is 86.2 Å². The first-order valence-electron chi connectivity index (χ1n) is 19.8. The van der Waals surface area contributed by atoms with E-state index in [4.69, 9.17) is 0 Å². The molecule has 2 heteroatoms. The SMILES string of the molecule is c1ccc(-c2ccccc2N(c2ccc(-c3cccc4ccccc34)cc2)c2ccccc2-c2ccc3c(c2)sc2ccccc23)c(-c2ccc3ccccc3c2)c1. The lowest BCUT2D eigenvalue weighted by atomic mass is 9.91. The summed E-state index contributed by atoms with van der Waals surface area (Å²) in [4.78, 5) is 2.46. The predicted octanol–water partition coefficient (Wildman–Crippen LogP) is 16.5. The summed E-state index contributed by atoms with van der Waals surface area (Å²) in [6.45, 7) is 0. The summed E-state index contributed by atoms with van der Waals surface area (Å²) in [7, 11) is 0. The maximum atomic E-state index is 2.46. The second kappa shape index (κ2) is 14.4. The number of hydrogen-bond acceptors (Lipinski definition) is 2. The molecule has 0 radical (unpaired) electrons. The van der Waals surface area contributed by atoms with Crippen LogP contribution in [0.1, 0.15) is 0 Å². The van der Waals surface area contributed by atoms with E-state index >= 15 is 0 Å². The number of para-hydroxylation sites is 2. The molecule has 0 aliphatic carbocycles. The predicted molar refractivity (Wildman–Crippen MR) is 251 cm³/mol. The fraction of sp³-hybridized carbons (Fsp3) is 0. The van der Waals surface area contributed by atoms with Crippen molar-refractivity contribution in [2.75, 3.05) is 4.90 Å². The number of thiophene rings is 1. The quantitative estimate of drug-likeness (QED) is 0.157. The molecule has 0 unspecified atom stereocenters. The minimum atomic E-state index is 1.09. The standard InChI is InChI=1S/C56H37NS/c1-2-16-41-36-42(29-28-38(41)14-1)47-19-5-6-21-49(47)50-22-8-11-26-54(50)57(44-33-30-40(31-34-44)46-24-13-17-39-15-3-4-18-45(39)46)53-25-10-7-20-48(53)43-32-35-52-51-23-9-12-27-55(51)58-56(52)37-43/h1-37H. The third-order valence-electron chi connectivity index (χ3n) is 11.5. The Hall–Kier alpha value is -7.26. The highest BCUT2D eigenvalue weighted by molar-refractivity contribution is 7.25. The average molecular weight is 756 g/mol. The van der Waals surface area contributed by atoms with Gasteiger partial charge in [0.25, 0.3) is 0 Å². The third-order valence-corrected chi connectivity index (χ3v) is 12.6. The molecular formula is C56H37NS. The van der Waals surface area contributed by atoms with E-state index in [-0.39, 0.29) is 0 Å². The molecule has 1 aromatic heterocycles. The molecule has 10 aromatic carbocycles. The van der Waals surface area contributed by atoms with Gasteiger partial charge in [-0.05, 0) is 97.4 Å². The van der Waals surface area contributed by atoms with Crippen molar-refractivity contribution >= 4 is 70.1 Å². The zero-order chi connectivity index (χ0) is 38.4. The molecule has 0 atom stereocenters. The molecule has 1 heterocycles. The zero-order valence-corrected chi connectivity index (χ0v) is 32.5. The Morgan fingerprint density at radius 2 is 0.810 bits per heavy atom. The lowest BCUT2D eigenvalue weighted by Gasteiger charge is -2.30. The molecule has 0 spiro atoms. The van der Waals surface area contributed by atoms with Crippen LogP contribution in [0.4, 0.5) is 17.1 Å². The molecule has 1 nitrogen and oxygen atoms in total. The summed E-state index contributed by atoms with van der Waals surface area (Å²) >= 11 is 1.86. The van der Waals surface area contributed by atoms with Gasteiger partial charge in [0.05, 0.1) is 11.4 Å². The van der Waals surface area contributed by atoms with Gasteiger partial charge in [-0.15, -0.1) is 11.3 Å². The number of hydrogen-bond donors (Lipinski definition) is 0. The van der Waals surface area contributed by atoms with Crippen molar-refractivity contribution in [1.29, 1.82) is 0 Å². The molecule has 272 valence electrons. The minimum Gasteiger partial charge on any atom is -0.309 e. The average Bonchev–Trinajstić information content (AvgIpc) is 3.67. The van der Waals surface area contributed by atoms with Gasteiger partial charge in [0.15, 0.2) is 0 Å². The topological polar surface area (TPSA) is 3.24 Å². The van der Waals surface area contributed by atoms with Gasteiger partial charge in [0.2, 0.25) is 0 Å². The molecular weight excluding hydrogens is 719 g/mol. The third kappa shape index (κ3) is 5.94. The molecule has 11 rings (SSSR count). The van der Waals surface area contributed by atoms with Crippen LogP contribution in [0.15, 0.2) is 224 Å². The molecule has 0 N–H and O–H groups in total. The van der Waals surface area contributed by atoms with Crippen molar-refractivity contribution in [3.05, 3.63) is 224 Å². The van der Waals surface area contributed by atoms with Crippen LogP contribution in [0.5, 0.6) is 0 Å². The van der Waals surface area contributed by atoms with Gasteiger partial charge in [-0.25, -0.2) is 0 Å². The van der Waals surface area contributed by atoms with Crippen LogP contribution >= 0.6 is 11.3 Å². The number of rotatable bonds is 7. The summed E-state index contributed by atoms with van der Waals surface area (Å²) in [6.07, 6.45) is 0. The van der Waals surface area contributed by atoms with Crippen LogP contribution in [-0.2, 0) is 0 Å². The molecule has 0 saturated heterocycles. The van der Waals surface area contributed by atoms with E-state index in [1.807, 2.05) is 11.3 Å². The van der Waals surface area contributed by atoms with E-state index < -0.39 is 0 Å². The van der Waals surface area contributed by atoms with Crippen LogP contribution in [0, 0.1) is 0 Å². The second-order valence-electron chi connectivity index (χ2n) is 14.9. The van der Waals surface area contributed by atoms with Crippen molar-refractivity contribution in [2.45, 2.75) is 0 Å². The lowest BCUT2D eigenvalue weighted by molar-refractivity contribution is 1.28. The largest absolute Gasteiger partial charge is 0.309 e. The second-order valence-corrected chi connectivity index (χ2v) is 15.9. The van der Waals surface area contributed by atoms with E-state index in [2.05, 4.69) is 229 Å². The highest BCUT2D eigenvalue weighted by Gasteiger charge is 2.22. The van der Waals surface area contributed by atoms with Gasteiger partial charge >= 0.3 is 0 Å². The first kappa shape index (κ1) is 34.0. The lowest BCUT2D eigenvalue weighted by Crippen LogP contribution is -2.12. The fourth-order valence-corrected chi connectivity index (χ4v) is 9.85. The van der Waals surface area contributed by atoms with E-state index in [9.17, 15) is 0 Å². The van der Waals surface area contributed by atoms with Crippen molar-refractivity contribution in [2.24, 2.45) is 0 Å². The van der Waals surface area contributed by atoms with Gasteiger partial charge in [-0.2, -0.15) is 0 Å². The van der Waals surface area contributed by atoms with Crippen LogP contribution in [-0.4, -0.2) is 0 Å². The number of benzene rings is 10. The van der Waals surface area contributed by atoms with Gasteiger partial charge < -0.3 is 4.90 Å². The molecule has 0 amide bonds. The smallest absolute Gasteiger partial charge is 0.0540 e. The Kier molecular flexibility index (Phi) is 8.42. The Morgan fingerprint density at radius 1 is 0.276 bits per heavy atom. The van der Waals surface area contributed by atoms with E-state index in [1.54, 1.807) is 0 Å². The van der Waals surface area contributed by atoms with E-state index in [0.29, 0.717) is 0 Å². The Bertz CT molecular complexity index is 3290. The summed E-state index contributed by atoms with van der Waals surface area (Å²) in [6, 6.07) is 82.1. The first-order chi connectivity index (χ1) is 28.8. The Morgan fingerprint density at radius 3 is 1.64 bits per heavy atom. The normalized spacial score (nSPS) is 11.4. The fourth-order valence-electron chi connectivity index (χ4n) is 8.70. The Balaban J connectivity index is 1.11. The van der Waals surface area contributed by atoms with Gasteiger partial charge in [0, 0.05) is 37.0 Å². The minimum absolute atomic E-state index is 1.09. The molecule has 0 bridgehead atoms. The molecule has 0 aliphatic rings. The van der Waals surface area contributed by atoms with Crippen LogP contribution in [0.3, 0.4) is 0 Å². The molecule has 0 saturated carbocycles. The van der Waals surface area contributed by atoms with E-state index in [1.165, 1.54) is 86.2 Å². The van der Waals surface area contributed by atoms with Crippen molar-refractivity contribution < 1.29 is 0 Å². The molecule has 58 heavy (non-hydrogen) atoms. The molecule has 0 aliphatic heterocycles. The maximum absolute atomic E-state index is 2.46. The highest BCUT2D eigenvalue weighted by atomic mass is 32.1. The van der Waals surface area contributed by atoms with E-state index in [0.717, 1.165) is 17.1 Å². The summed E-state index contributed by atoms with van der Waals surface area (Å²) in [5.41, 5.74) is 12.9. The number of fused-ring (bicyclic) bond motifs is 5. The van der Waals surface area contributed by atoms with Crippen molar-refractivity contribution in [1.82, 2.24) is 0 Å². The first-order valence-corrected chi connectivity index (χ1v) is 20.7. The van der Waals surface area contributed by atoms with Gasteiger partial charge in [-0.1, -0.05) is 182 Å². The monoisotopic (exact) mass is 755 g/mol.